The fourth-order valence-corrected chi connectivity index (χ4v) is 7.87. The Morgan fingerprint density at radius 1 is 0.462 bits per heavy atom. The summed E-state index contributed by atoms with van der Waals surface area (Å²) in [7, 11) is 0. The number of nitrogens with zero attached hydrogens (tertiary/aromatic N) is 7. The van der Waals surface area contributed by atoms with E-state index in [0.29, 0.717) is 0 Å². The lowest BCUT2D eigenvalue weighted by Gasteiger charge is -2.26. The number of pyridine rings is 4. The lowest BCUT2D eigenvalue weighted by Crippen LogP contribution is -2.10. The van der Waals surface area contributed by atoms with Gasteiger partial charge in [-0.3, -0.25) is 19.9 Å². The van der Waals surface area contributed by atoms with E-state index in [-0.39, 0.29) is 0 Å². The average Bonchev–Trinajstić information content (AvgIpc) is 3.61. The first kappa shape index (κ1) is 30.0. The monoisotopic (exact) mass is 685 g/mol. The number of fused-ring (bicyclic) bond motifs is 5. The Labute approximate surface area is 302 Å². The van der Waals surface area contributed by atoms with Crippen molar-refractivity contribution in [2.75, 3.05) is 4.90 Å². The van der Waals surface area contributed by atoms with Gasteiger partial charge >= 0.3 is 0 Å². The van der Waals surface area contributed by atoms with Crippen LogP contribution in [0.1, 0.15) is 0 Å². The molecule has 0 aliphatic carbocycles. The van der Waals surface area contributed by atoms with Crippen molar-refractivity contribution in [3.63, 3.8) is 0 Å². The molecular formula is C44H27N7S. The third kappa shape index (κ3) is 5.30. The number of aromatic nitrogens is 6. The van der Waals surface area contributed by atoms with Gasteiger partial charge in [0.15, 0.2) is 0 Å². The molecule has 0 unspecified atom stereocenters. The summed E-state index contributed by atoms with van der Waals surface area (Å²) in [5.74, 6) is 0. The highest BCUT2D eigenvalue weighted by molar-refractivity contribution is 7.25. The summed E-state index contributed by atoms with van der Waals surface area (Å²) in [6.45, 7) is 0. The molecule has 0 N–H and O–H groups in total. The van der Waals surface area contributed by atoms with Crippen molar-refractivity contribution in [2.45, 2.75) is 0 Å². The number of benzene rings is 4. The second-order valence-electron chi connectivity index (χ2n) is 12.6. The number of anilines is 3. The second kappa shape index (κ2) is 12.5. The van der Waals surface area contributed by atoms with E-state index in [2.05, 4.69) is 129 Å². The molecule has 0 aliphatic rings. The zero-order valence-electron chi connectivity index (χ0n) is 27.6. The molecule has 0 bridgehead atoms. The van der Waals surface area contributed by atoms with Gasteiger partial charge in [-0.25, -0.2) is 9.97 Å². The van der Waals surface area contributed by atoms with Crippen molar-refractivity contribution in [2.24, 2.45) is 0 Å². The molecule has 0 aliphatic heterocycles. The first-order chi connectivity index (χ1) is 25.7. The molecule has 10 aromatic rings. The van der Waals surface area contributed by atoms with E-state index in [1.807, 2.05) is 36.9 Å². The standard InChI is InChI=1S/C44H27N7S/c1-2-4-41-38(3-1)42-43(49-27-50-44(42)52-41)30-9-15-37(16-10-30)51(35-11-5-28(6-12-35)39-21-33-23-45-19-17-31(33)25-47-39)36-13-7-29(8-14-36)40-22-34-24-46-20-18-32(34)26-48-40/h1-27H. The lowest BCUT2D eigenvalue weighted by molar-refractivity contribution is 1.23. The van der Waals surface area contributed by atoms with Gasteiger partial charge in [-0.05, 0) is 66.7 Å². The number of hydrogen-bond donors (Lipinski definition) is 0. The fraction of sp³-hybridized carbons (Fsp3) is 0. The van der Waals surface area contributed by atoms with Crippen LogP contribution in [-0.4, -0.2) is 29.9 Å². The summed E-state index contributed by atoms with van der Waals surface area (Å²) >= 11 is 1.70. The summed E-state index contributed by atoms with van der Waals surface area (Å²) < 4.78 is 1.21. The Hall–Kier alpha value is -6.90. The largest absolute Gasteiger partial charge is 0.311 e. The van der Waals surface area contributed by atoms with E-state index >= 15 is 0 Å². The van der Waals surface area contributed by atoms with Gasteiger partial charge in [-0.2, -0.15) is 0 Å². The maximum atomic E-state index is 4.77. The smallest absolute Gasteiger partial charge is 0.128 e. The molecule has 7 nitrogen and oxygen atoms in total. The molecule has 0 spiro atoms. The van der Waals surface area contributed by atoms with E-state index in [1.165, 1.54) is 10.1 Å². The van der Waals surface area contributed by atoms with Crippen LogP contribution >= 0.6 is 11.3 Å². The predicted octanol–water partition coefficient (Wildman–Crippen LogP) is 11.2. The number of rotatable bonds is 6. The zero-order valence-corrected chi connectivity index (χ0v) is 28.4. The van der Waals surface area contributed by atoms with Crippen LogP contribution in [0.15, 0.2) is 165 Å². The van der Waals surface area contributed by atoms with Gasteiger partial charge in [0.05, 0.1) is 17.1 Å². The van der Waals surface area contributed by atoms with Crippen molar-refractivity contribution in [3.8, 4) is 33.8 Å². The van der Waals surface area contributed by atoms with Gasteiger partial charge in [-0.15, -0.1) is 11.3 Å². The van der Waals surface area contributed by atoms with E-state index in [1.54, 1.807) is 30.1 Å². The second-order valence-corrected chi connectivity index (χ2v) is 13.6. The number of thiophene rings is 1. The molecule has 4 aromatic carbocycles. The van der Waals surface area contributed by atoms with Gasteiger partial charge in [-0.1, -0.05) is 54.6 Å². The first-order valence-corrected chi connectivity index (χ1v) is 17.7. The van der Waals surface area contributed by atoms with Gasteiger partial charge in [0.1, 0.15) is 11.2 Å². The minimum atomic E-state index is 0.905. The van der Waals surface area contributed by atoms with Crippen LogP contribution in [0.3, 0.4) is 0 Å². The molecule has 6 aromatic heterocycles. The SMILES string of the molecule is c1ccc2c(c1)sc1ncnc(-c3ccc(N(c4ccc(-c5cc6cnccc6cn5)cc4)c4ccc(-c5cc6cnccc6cn5)cc4)cc3)c12. The Bertz CT molecular complexity index is 2780. The number of hydrogen-bond acceptors (Lipinski definition) is 8. The summed E-state index contributed by atoms with van der Waals surface area (Å²) in [6.07, 6.45) is 12.8. The highest BCUT2D eigenvalue weighted by Crippen LogP contribution is 2.40. The van der Waals surface area contributed by atoms with Crippen LogP contribution in [0.4, 0.5) is 17.1 Å². The van der Waals surface area contributed by atoms with E-state index < -0.39 is 0 Å². The molecular weight excluding hydrogens is 659 g/mol. The van der Waals surface area contributed by atoms with E-state index in [9.17, 15) is 0 Å². The molecule has 52 heavy (non-hydrogen) atoms. The van der Waals surface area contributed by atoms with Crippen LogP contribution in [-0.2, 0) is 0 Å². The Morgan fingerprint density at radius 2 is 1.00 bits per heavy atom. The summed E-state index contributed by atoms with van der Waals surface area (Å²) in [5.41, 5.74) is 8.93. The Kier molecular flexibility index (Phi) is 7.18. The topological polar surface area (TPSA) is 80.6 Å². The average molecular weight is 686 g/mol. The van der Waals surface area contributed by atoms with E-state index in [0.717, 1.165) is 82.6 Å². The van der Waals surface area contributed by atoms with Crippen LogP contribution in [0.2, 0.25) is 0 Å². The third-order valence-electron chi connectivity index (χ3n) is 9.46. The summed E-state index contributed by atoms with van der Waals surface area (Å²) in [4.78, 5) is 30.7. The highest BCUT2D eigenvalue weighted by Gasteiger charge is 2.17. The van der Waals surface area contributed by atoms with Crippen LogP contribution in [0, 0.1) is 0 Å². The molecule has 0 atom stereocenters. The predicted molar refractivity (Wildman–Crippen MR) is 212 cm³/mol. The summed E-state index contributed by atoms with van der Waals surface area (Å²) in [6, 6.07) is 42.3. The molecule has 0 saturated heterocycles. The highest BCUT2D eigenvalue weighted by atomic mass is 32.1. The molecule has 0 fully saturated rings. The van der Waals surface area contributed by atoms with Crippen LogP contribution in [0.5, 0.6) is 0 Å². The van der Waals surface area contributed by atoms with Gasteiger partial charge in [0, 0.05) is 108 Å². The normalized spacial score (nSPS) is 11.5. The lowest BCUT2D eigenvalue weighted by atomic mass is 10.0. The van der Waals surface area contributed by atoms with Crippen molar-refractivity contribution in [1.82, 2.24) is 29.9 Å². The molecule has 8 heteroatoms. The minimum absolute atomic E-state index is 0.905. The van der Waals surface area contributed by atoms with Crippen molar-refractivity contribution < 1.29 is 0 Å². The third-order valence-corrected chi connectivity index (χ3v) is 10.5. The van der Waals surface area contributed by atoms with Gasteiger partial charge < -0.3 is 4.90 Å². The van der Waals surface area contributed by atoms with Gasteiger partial charge in [0.2, 0.25) is 0 Å². The molecule has 0 saturated carbocycles. The van der Waals surface area contributed by atoms with Gasteiger partial charge in [0.25, 0.3) is 0 Å². The minimum Gasteiger partial charge on any atom is -0.311 e. The maximum absolute atomic E-state index is 4.77. The fourth-order valence-electron chi connectivity index (χ4n) is 6.83. The summed E-state index contributed by atoms with van der Waals surface area (Å²) in [5, 5.41) is 6.53. The quantitative estimate of drug-likeness (QED) is 0.172. The Morgan fingerprint density at radius 3 is 1.58 bits per heavy atom. The van der Waals surface area contributed by atoms with E-state index in [4.69, 9.17) is 15.0 Å². The Balaban J connectivity index is 1.04. The maximum Gasteiger partial charge on any atom is 0.128 e. The molecule has 0 radical (unpaired) electrons. The van der Waals surface area contributed by atoms with Crippen molar-refractivity contribution in [3.05, 3.63) is 165 Å². The molecule has 244 valence electrons. The molecule has 10 rings (SSSR count). The van der Waals surface area contributed by atoms with Crippen LogP contribution in [0.25, 0.3) is 75.6 Å². The van der Waals surface area contributed by atoms with Crippen LogP contribution < -0.4 is 4.90 Å². The van der Waals surface area contributed by atoms with Crippen molar-refractivity contribution >= 4 is 70.2 Å². The zero-order chi connectivity index (χ0) is 34.4. The molecule has 0 amide bonds. The molecule has 6 heterocycles. The first-order valence-electron chi connectivity index (χ1n) is 16.9. The van der Waals surface area contributed by atoms with Crippen molar-refractivity contribution in [1.29, 1.82) is 0 Å².